The lowest BCUT2D eigenvalue weighted by molar-refractivity contribution is 0.895. The first-order valence-corrected chi connectivity index (χ1v) is 7.95. The van der Waals surface area contributed by atoms with Crippen LogP contribution in [-0.2, 0) is 0 Å². The number of alkyl halides is 1. The van der Waals surface area contributed by atoms with E-state index in [0.29, 0.717) is 0 Å². The summed E-state index contributed by atoms with van der Waals surface area (Å²) in [6.07, 6.45) is 0. The number of nitrogens with one attached hydrogen (secondary N) is 1. The zero-order valence-corrected chi connectivity index (χ0v) is 14.2. The number of hydrogen-bond acceptors (Lipinski definition) is 2. The van der Waals surface area contributed by atoms with Gasteiger partial charge in [-0.15, -0.1) is 0 Å². The van der Waals surface area contributed by atoms with Gasteiger partial charge < -0.3 is 5.43 Å². The zero-order chi connectivity index (χ0) is 13.7. The number of hydrazone groups is 1. The fourth-order valence-electron chi connectivity index (χ4n) is 1.79. The van der Waals surface area contributed by atoms with Crippen LogP contribution < -0.4 is 5.43 Å². The van der Waals surface area contributed by atoms with Crippen molar-refractivity contribution in [3.05, 3.63) is 70.2 Å². The van der Waals surface area contributed by atoms with E-state index in [-0.39, 0.29) is 3.92 Å². The summed E-state index contributed by atoms with van der Waals surface area (Å²) in [5.74, 6) is 0. The van der Waals surface area contributed by atoms with Crippen LogP contribution in [-0.4, -0.2) is 12.8 Å². The molecule has 1 unspecified atom stereocenters. The Balaban J connectivity index is 2.35. The number of nitrogens with zero attached hydrogens (tertiary/aromatic N) is 1. The largest absolute Gasteiger partial charge is 0.313 e. The van der Waals surface area contributed by atoms with Crippen LogP contribution in [0.25, 0.3) is 0 Å². The molecule has 0 heterocycles. The van der Waals surface area contributed by atoms with E-state index in [1.165, 1.54) is 5.56 Å². The first kappa shape index (κ1) is 14.5. The SMILES string of the molecule is CN/N=C(/c1ccccc1)C(I)c1ccc(Br)cc1. The molecule has 2 aromatic rings. The molecule has 0 aliphatic heterocycles. The quantitative estimate of drug-likeness (QED) is 0.328. The van der Waals surface area contributed by atoms with Crippen LogP contribution in [0.5, 0.6) is 0 Å². The Kier molecular flexibility index (Phi) is 5.39. The van der Waals surface area contributed by atoms with Crippen LogP contribution in [0, 0.1) is 0 Å². The summed E-state index contributed by atoms with van der Waals surface area (Å²) in [7, 11) is 1.83. The maximum atomic E-state index is 4.44. The van der Waals surface area contributed by atoms with Crippen LogP contribution in [0.2, 0.25) is 0 Å². The fraction of sp³-hybridized carbons (Fsp3) is 0.133. The van der Waals surface area contributed by atoms with E-state index in [1.807, 2.05) is 25.2 Å². The normalized spacial score (nSPS) is 13.1. The average Bonchev–Trinajstić information content (AvgIpc) is 2.46. The molecule has 0 radical (unpaired) electrons. The summed E-state index contributed by atoms with van der Waals surface area (Å²) < 4.78 is 1.30. The third kappa shape index (κ3) is 3.79. The summed E-state index contributed by atoms with van der Waals surface area (Å²) in [6.45, 7) is 0. The van der Waals surface area contributed by atoms with Gasteiger partial charge in [0.05, 0.1) is 9.64 Å². The molecular formula is C15H14BrIN2. The van der Waals surface area contributed by atoms with Gasteiger partial charge in [0.2, 0.25) is 0 Å². The molecule has 4 heteroatoms. The molecule has 98 valence electrons. The highest BCUT2D eigenvalue weighted by atomic mass is 127. The molecule has 1 N–H and O–H groups in total. The Bertz CT molecular complexity index is 552. The zero-order valence-electron chi connectivity index (χ0n) is 10.5. The second kappa shape index (κ2) is 7.05. The molecule has 0 saturated heterocycles. The third-order valence-corrected chi connectivity index (χ3v) is 4.54. The van der Waals surface area contributed by atoms with E-state index in [1.54, 1.807) is 0 Å². The first-order valence-electron chi connectivity index (χ1n) is 5.91. The van der Waals surface area contributed by atoms with Crippen LogP contribution in [0.1, 0.15) is 15.1 Å². The van der Waals surface area contributed by atoms with Crippen LogP contribution in [0.3, 0.4) is 0 Å². The second-order valence-corrected chi connectivity index (χ2v) is 6.16. The molecule has 19 heavy (non-hydrogen) atoms. The van der Waals surface area contributed by atoms with E-state index in [9.17, 15) is 0 Å². The van der Waals surface area contributed by atoms with Gasteiger partial charge >= 0.3 is 0 Å². The molecule has 0 bridgehead atoms. The fourth-order valence-corrected chi connectivity index (χ4v) is 2.96. The third-order valence-electron chi connectivity index (χ3n) is 2.70. The van der Waals surface area contributed by atoms with Gasteiger partial charge in [-0.05, 0) is 23.3 Å². The maximum absolute atomic E-state index is 4.44. The summed E-state index contributed by atoms with van der Waals surface area (Å²) >= 11 is 5.88. The van der Waals surface area contributed by atoms with Crippen molar-refractivity contribution in [1.29, 1.82) is 0 Å². The number of halogens is 2. The van der Waals surface area contributed by atoms with Crippen molar-refractivity contribution in [1.82, 2.24) is 5.43 Å². The number of hydrogen-bond donors (Lipinski definition) is 1. The first-order chi connectivity index (χ1) is 9.22. The standard InChI is InChI=1S/C15H14BrIN2/c1-18-19-15(12-5-3-2-4-6-12)14(17)11-7-9-13(16)10-8-11/h2-10,14,18H,1H3/b19-15-. The Hall–Kier alpha value is -0.880. The van der Waals surface area contributed by atoms with E-state index >= 15 is 0 Å². The Morgan fingerprint density at radius 1 is 1.11 bits per heavy atom. The minimum atomic E-state index is 0.209. The monoisotopic (exact) mass is 428 g/mol. The van der Waals surface area contributed by atoms with Crippen LogP contribution in [0.15, 0.2) is 64.2 Å². The molecule has 0 fully saturated rings. The van der Waals surface area contributed by atoms with Gasteiger partial charge in [0.1, 0.15) is 0 Å². The smallest absolute Gasteiger partial charge is 0.0847 e. The van der Waals surface area contributed by atoms with Crippen LogP contribution >= 0.6 is 38.5 Å². The molecule has 0 aromatic heterocycles. The molecule has 0 spiro atoms. The molecular weight excluding hydrogens is 415 g/mol. The predicted molar refractivity (Wildman–Crippen MR) is 92.9 cm³/mol. The molecule has 2 nitrogen and oxygen atoms in total. The van der Waals surface area contributed by atoms with Gasteiger partial charge in [0, 0.05) is 11.5 Å². The van der Waals surface area contributed by atoms with Gasteiger partial charge in [-0.25, -0.2) is 0 Å². The predicted octanol–water partition coefficient (Wildman–Crippen LogP) is 4.55. The van der Waals surface area contributed by atoms with E-state index < -0.39 is 0 Å². The molecule has 0 aliphatic rings. The van der Waals surface area contributed by atoms with Crippen molar-refractivity contribution in [2.45, 2.75) is 3.92 Å². The summed E-state index contributed by atoms with van der Waals surface area (Å²) in [4.78, 5) is 0. The highest BCUT2D eigenvalue weighted by Gasteiger charge is 2.16. The Labute approximate surface area is 135 Å². The molecule has 0 aliphatic carbocycles. The molecule has 2 aromatic carbocycles. The maximum Gasteiger partial charge on any atom is 0.0847 e. The van der Waals surface area contributed by atoms with Gasteiger partial charge in [-0.1, -0.05) is 81.0 Å². The van der Waals surface area contributed by atoms with Crippen molar-refractivity contribution < 1.29 is 0 Å². The van der Waals surface area contributed by atoms with Gasteiger partial charge in [-0.2, -0.15) is 5.10 Å². The minimum absolute atomic E-state index is 0.209. The summed E-state index contributed by atoms with van der Waals surface area (Å²) in [6, 6.07) is 18.6. The second-order valence-electron chi connectivity index (χ2n) is 4.00. The lowest BCUT2D eigenvalue weighted by Crippen LogP contribution is -2.13. The van der Waals surface area contributed by atoms with Gasteiger partial charge in [0.25, 0.3) is 0 Å². The highest BCUT2D eigenvalue weighted by Crippen LogP contribution is 2.29. The number of rotatable bonds is 4. The molecule has 0 saturated carbocycles. The Morgan fingerprint density at radius 2 is 1.74 bits per heavy atom. The van der Waals surface area contributed by atoms with E-state index in [2.05, 4.69) is 85.4 Å². The van der Waals surface area contributed by atoms with Gasteiger partial charge in [-0.3, -0.25) is 0 Å². The minimum Gasteiger partial charge on any atom is -0.313 e. The molecule has 1 atom stereocenters. The topological polar surface area (TPSA) is 24.4 Å². The highest BCUT2D eigenvalue weighted by molar-refractivity contribution is 14.1. The Morgan fingerprint density at radius 3 is 2.32 bits per heavy atom. The van der Waals surface area contributed by atoms with E-state index in [4.69, 9.17) is 0 Å². The van der Waals surface area contributed by atoms with Crippen molar-refractivity contribution in [3.8, 4) is 0 Å². The van der Waals surface area contributed by atoms with Crippen molar-refractivity contribution in [2.24, 2.45) is 5.10 Å². The van der Waals surface area contributed by atoms with Gasteiger partial charge in [0.15, 0.2) is 0 Å². The number of benzene rings is 2. The summed E-state index contributed by atoms with van der Waals surface area (Å²) in [5, 5.41) is 4.44. The lowest BCUT2D eigenvalue weighted by Gasteiger charge is -2.14. The molecule has 2 rings (SSSR count). The lowest BCUT2D eigenvalue weighted by atomic mass is 10.0. The van der Waals surface area contributed by atoms with Crippen molar-refractivity contribution in [3.63, 3.8) is 0 Å². The molecule has 0 amide bonds. The van der Waals surface area contributed by atoms with Crippen molar-refractivity contribution >= 4 is 44.2 Å². The summed E-state index contributed by atoms with van der Waals surface area (Å²) in [5.41, 5.74) is 6.31. The van der Waals surface area contributed by atoms with Crippen LogP contribution in [0.4, 0.5) is 0 Å². The van der Waals surface area contributed by atoms with Crippen molar-refractivity contribution in [2.75, 3.05) is 7.05 Å². The van der Waals surface area contributed by atoms with E-state index in [0.717, 1.165) is 15.7 Å². The average molecular weight is 429 g/mol.